The Morgan fingerprint density at radius 2 is 1.69 bits per heavy atom. The van der Waals surface area contributed by atoms with Crippen LogP contribution in [0.25, 0.3) is 0 Å². The van der Waals surface area contributed by atoms with E-state index in [0.717, 1.165) is 43.4 Å². The van der Waals surface area contributed by atoms with Crippen molar-refractivity contribution in [3.8, 4) is 0 Å². The average molecular weight is 465 g/mol. The van der Waals surface area contributed by atoms with Crippen molar-refractivity contribution < 1.29 is 26.7 Å². The minimum atomic E-state index is -3.85. The van der Waals surface area contributed by atoms with Crippen LogP contribution >= 0.6 is 0 Å². The molecule has 172 valence electrons. The van der Waals surface area contributed by atoms with Crippen LogP contribution in [-0.4, -0.2) is 51.5 Å². The quantitative estimate of drug-likeness (QED) is 0.712. The number of rotatable bonds is 6. The van der Waals surface area contributed by atoms with E-state index in [-0.39, 0.29) is 41.3 Å². The smallest absolute Gasteiger partial charge is 0.254 e. The molecule has 0 atom stereocenters. The molecule has 2 aromatic rings. The van der Waals surface area contributed by atoms with Gasteiger partial charge in [-0.25, -0.2) is 17.2 Å². The van der Waals surface area contributed by atoms with Crippen molar-refractivity contribution in [2.45, 2.75) is 36.0 Å². The van der Waals surface area contributed by atoms with Crippen molar-refractivity contribution in [2.24, 2.45) is 0 Å². The zero-order valence-corrected chi connectivity index (χ0v) is 18.5. The molecule has 6 nitrogen and oxygen atoms in total. The standard InChI is InChI=1S/C23H26F2N2O4S/c24-18-5-3-17(4-6-18)23(9-1-2-10-23)16-26-22(28)20-15-19(7-8-21(20)25)32(29,30)27-11-13-31-14-12-27/h3-8,15H,1-2,9-14,16H2,(H,26,28). The number of hydrogen-bond donors (Lipinski definition) is 1. The molecule has 2 fully saturated rings. The molecule has 4 rings (SSSR count). The lowest BCUT2D eigenvalue weighted by Crippen LogP contribution is -2.41. The fourth-order valence-corrected chi connectivity index (χ4v) is 5.98. The number of nitrogens with one attached hydrogen (secondary N) is 1. The molecular weight excluding hydrogens is 438 g/mol. The van der Waals surface area contributed by atoms with Crippen molar-refractivity contribution in [1.29, 1.82) is 0 Å². The molecule has 0 unspecified atom stereocenters. The molecule has 32 heavy (non-hydrogen) atoms. The van der Waals surface area contributed by atoms with E-state index in [1.54, 1.807) is 12.1 Å². The Labute approximate surface area is 186 Å². The largest absolute Gasteiger partial charge is 0.379 e. The number of benzene rings is 2. The van der Waals surface area contributed by atoms with Gasteiger partial charge in [0.1, 0.15) is 11.6 Å². The van der Waals surface area contributed by atoms with Gasteiger partial charge in [0, 0.05) is 25.0 Å². The summed E-state index contributed by atoms with van der Waals surface area (Å²) in [7, 11) is -3.85. The number of hydrogen-bond acceptors (Lipinski definition) is 4. The summed E-state index contributed by atoms with van der Waals surface area (Å²) in [4.78, 5) is 12.7. The Balaban J connectivity index is 1.54. The van der Waals surface area contributed by atoms with E-state index in [1.807, 2.05) is 0 Å². The highest BCUT2D eigenvalue weighted by Gasteiger charge is 2.36. The van der Waals surface area contributed by atoms with Crippen LogP contribution in [0.2, 0.25) is 0 Å². The van der Waals surface area contributed by atoms with E-state index in [9.17, 15) is 22.0 Å². The van der Waals surface area contributed by atoms with Gasteiger partial charge in [0.25, 0.3) is 5.91 Å². The highest BCUT2D eigenvalue weighted by Crippen LogP contribution is 2.40. The molecule has 1 amide bonds. The Hall–Kier alpha value is -2.36. The second kappa shape index (κ2) is 9.25. The maximum atomic E-state index is 14.5. The lowest BCUT2D eigenvalue weighted by Gasteiger charge is -2.30. The third-order valence-electron chi connectivity index (χ3n) is 6.39. The minimum absolute atomic E-state index is 0.125. The van der Waals surface area contributed by atoms with Gasteiger partial charge in [-0.05, 0) is 48.7 Å². The van der Waals surface area contributed by atoms with Gasteiger partial charge in [0.05, 0.1) is 23.7 Å². The Morgan fingerprint density at radius 3 is 2.34 bits per heavy atom. The maximum Gasteiger partial charge on any atom is 0.254 e. The summed E-state index contributed by atoms with van der Waals surface area (Å²) in [6, 6.07) is 9.52. The number of carbonyl (C=O) groups excluding carboxylic acids is 1. The van der Waals surface area contributed by atoms with E-state index in [1.165, 1.54) is 22.5 Å². The molecule has 9 heteroatoms. The van der Waals surface area contributed by atoms with Gasteiger partial charge < -0.3 is 10.1 Å². The number of sulfonamides is 1. The van der Waals surface area contributed by atoms with Gasteiger partial charge in [0.15, 0.2) is 0 Å². The van der Waals surface area contributed by atoms with Crippen LogP contribution in [0.4, 0.5) is 8.78 Å². The monoisotopic (exact) mass is 464 g/mol. The molecule has 1 aliphatic carbocycles. The van der Waals surface area contributed by atoms with Gasteiger partial charge in [-0.1, -0.05) is 25.0 Å². The van der Waals surface area contributed by atoms with Crippen LogP contribution < -0.4 is 5.32 Å². The van der Waals surface area contributed by atoms with Crippen molar-refractivity contribution >= 4 is 15.9 Å². The molecule has 0 spiro atoms. The van der Waals surface area contributed by atoms with E-state index in [4.69, 9.17) is 4.74 Å². The SMILES string of the molecule is O=C(NCC1(c2ccc(F)cc2)CCCC1)c1cc(S(=O)(=O)N2CCOCC2)ccc1F. The third kappa shape index (κ3) is 4.55. The number of amides is 1. The first kappa shape index (κ1) is 22.8. The predicted octanol–water partition coefficient (Wildman–Crippen LogP) is 3.23. The highest BCUT2D eigenvalue weighted by atomic mass is 32.2. The van der Waals surface area contributed by atoms with Crippen molar-refractivity contribution in [3.05, 3.63) is 65.2 Å². The van der Waals surface area contributed by atoms with Gasteiger partial charge >= 0.3 is 0 Å². The molecular formula is C23H26F2N2O4S. The summed E-state index contributed by atoms with van der Waals surface area (Å²) in [6.45, 7) is 1.26. The van der Waals surface area contributed by atoms with Crippen LogP contribution in [0.15, 0.2) is 47.4 Å². The lowest BCUT2D eigenvalue weighted by atomic mass is 9.78. The summed E-state index contributed by atoms with van der Waals surface area (Å²) < 4.78 is 60.1. The van der Waals surface area contributed by atoms with Crippen LogP contribution in [0, 0.1) is 11.6 Å². The Bertz CT molecular complexity index is 1080. The summed E-state index contributed by atoms with van der Waals surface area (Å²) >= 11 is 0. The Kier molecular flexibility index (Phi) is 6.60. The minimum Gasteiger partial charge on any atom is -0.379 e. The van der Waals surface area contributed by atoms with Gasteiger partial charge in [-0.15, -0.1) is 0 Å². The van der Waals surface area contributed by atoms with Crippen molar-refractivity contribution in [1.82, 2.24) is 9.62 Å². The number of ether oxygens (including phenoxy) is 1. The maximum absolute atomic E-state index is 14.5. The fourth-order valence-electron chi connectivity index (χ4n) is 4.54. The molecule has 0 bridgehead atoms. The normalized spacial score (nSPS) is 19.1. The average Bonchev–Trinajstić information content (AvgIpc) is 3.29. The van der Waals surface area contributed by atoms with Crippen LogP contribution in [-0.2, 0) is 20.2 Å². The van der Waals surface area contributed by atoms with Crippen molar-refractivity contribution in [3.63, 3.8) is 0 Å². The molecule has 1 N–H and O–H groups in total. The first-order valence-electron chi connectivity index (χ1n) is 10.7. The first-order valence-corrected chi connectivity index (χ1v) is 12.2. The molecule has 1 saturated heterocycles. The number of halogens is 2. The topological polar surface area (TPSA) is 75.7 Å². The predicted molar refractivity (Wildman–Crippen MR) is 115 cm³/mol. The second-order valence-electron chi connectivity index (χ2n) is 8.34. The zero-order valence-electron chi connectivity index (χ0n) is 17.6. The van der Waals surface area contributed by atoms with E-state index in [2.05, 4.69) is 5.32 Å². The highest BCUT2D eigenvalue weighted by molar-refractivity contribution is 7.89. The van der Waals surface area contributed by atoms with Crippen LogP contribution in [0.3, 0.4) is 0 Å². The molecule has 2 aromatic carbocycles. The summed E-state index contributed by atoms with van der Waals surface area (Å²) in [5.41, 5.74) is 0.268. The van der Waals surface area contributed by atoms with E-state index >= 15 is 0 Å². The molecule has 1 heterocycles. The summed E-state index contributed by atoms with van der Waals surface area (Å²) in [5, 5.41) is 2.79. The molecule has 2 aliphatic rings. The third-order valence-corrected chi connectivity index (χ3v) is 8.29. The number of carbonyl (C=O) groups is 1. The van der Waals surface area contributed by atoms with E-state index < -0.39 is 21.7 Å². The zero-order chi connectivity index (χ0) is 22.8. The fraction of sp³-hybridized carbons (Fsp3) is 0.435. The van der Waals surface area contributed by atoms with Gasteiger partial charge in [-0.2, -0.15) is 4.31 Å². The molecule has 0 radical (unpaired) electrons. The summed E-state index contributed by atoms with van der Waals surface area (Å²) in [5.74, 6) is -1.79. The lowest BCUT2D eigenvalue weighted by molar-refractivity contribution is 0.0730. The first-order chi connectivity index (χ1) is 15.3. The molecule has 0 aromatic heterocycles. The Morgan fingerprint density at radius 1 is 1.03 bits per heavy atom. The molecule has 1 saturated carbocycles. The van der Waals surface area contributed by atoms with Gasteiger partial charge in [-0.3, -0.25) is 4.79 Å². The van der Waals surface area contributed by atoms with Gasteiger partial charge in [0.2, 0.25) is 10.0 Å². The van der Waals surface area contributed by atoms with Crippen molar-refractivity contribution in [2.75, 3.05) is 32.8 Å². The second-order valence-corrected chi connectivity index (χ2v) is 10.3. The molecule has 1 aliphatic heterocycles. The number of nitrogens with zero attached hydrogens (tertiary/aromatic N) is 1. The summed E-state index contributed by atoms with van der Waals surface area (Å²) in [6.07, 6.45) is 3.61. The van der Waals surface area contributed by atoms with E-state index in [0.29, 0.717) is 13.2 Å². The number of morpholine rings is 1. The van der Waals surface area contributed by atoms with Crippen LogP contribution in [0.1, 0.15) is 41.6 Å². The van der Waals surface area contributed by atoms with Crippen LogP contribution in [0.5, 0.6) is 0 Å².